The number of phenols is 1. The zero-order valence-corrected chi connectivity index (χ0v) is 13.8. The van der Waals surface area contributed by atoms with Crippen LogP contribution in [0.1, 0.15) is 16.8 Å². The number of aromatic hydroxyl groups is 1. The van der Waals surface area contributed by atoms with Gasteiger partial charge in [0.15, 0.2) is 0 Å². The maximum absolute atomic E-state index is 12.8. The number of phenolic OH excluding ortho intramolecular Hbond substituents is 1. The highest BCUT2D eigenvalue weighted by Gasteiger charge is 2.31. The Morgan fingerprint density at radius 1 is 1.25 bits per heavy atom. The van der Waals surface area contributed by atoms with Crippen LogP contribution in [0.15, 0.2) is 33.8 Å². The molecule has 0 atom stereocenters. The smallest absolute Gasteiger partial charge is 0.416 e. The van der Waals surface area contributed by atoms with Crippen LogP contribution in [0.4, 0.5) is 24.7 Å². The lowest BCUT2D eigenvalue weighted by molar-refractivity contribution is -0.137. The van der Waals surface area contributed by atoms with Crippen molar-refractivity contribution in [2.24, 2.45) is 5.10 Å². The standard InChI is InChI=1S/C14H12BrF3N4O2/c1-7-2-9(14(16,17)18)4-12(20-7)21-19-6-8-3-10(22-24)5-11(15)13(8)23/h2-6,22-24H,1H3,(H,20,21)/b19-6+. The van der Waals surface area contributed by atoms with Gasteiger partial charge in [-0.2, -0.15) is 18.3 Å². The Hall–Kier alpha value is -2.33. The number of nitrogens with one attached hydrogen (secondary N) is 2. The lowest BCUT2D eigenvalue weighted by Gasteiger charge is -2.09. The minimum atomic E-state index is -4.49. The number of nitrogens with zero attached hydrogens (tertiary/aromatic N) is 2. The van der Waals surface area contributed by atoms with Crippen LogP contribution >= 0.6 is 15.9 Å². The fourth-order valence-corrected chi connectivity index (χ4v) is 2.32. The van der Waals surface area contributed by atoms with Gasteiger partial charge in [-0.1, -0.05) is 0 Å². The highest BCUT2D eigenvalue weighted by molar-refractivity contribution is 9.10. The monoisotopic (exact) mass is 404 g/mol. The molecule has 0 radical (unpaired) electrons. The Morgan fingerprint density at radius 2 is 1.96 bits per heavy atom. The molecule has 10 heteroatoms. The molecule has 0 aliphatic carbocycles. The van der Waals surface area contributed by atoms with E-state index in [1.165, 1.54) is 25.3 Å². The lowest BCUT2D eigenvalue weighted by atomic mass is 10.2. The number of rotatable bonds is 4. The zero-order valence-electron chi connectivity index (χ0n) is 12.2. The van der Waals surface area contributed by atoms with E-state index < -0.39 is 11.7 Å². The Kier molecular flexibility index (Phi) is 5.30. The quantitative estimate of drug-likeness (QED) is 0.349. The number of hydrazone groups is 1. The Balaban J connectivity index is 2.24. The predicted octanol–water partition coefficient (Wildman–Crippen LogP) is 4.12. The SMILES string of the molecule is Cc1cc(C(F)(F)F)cc(N/N=C/c2cc(NO)cc(Br)c2O)n1. The molecule has 0 bridgehead atoms. The summed E-state index contributed by atoms with van der Waals surface area (Å²) in [4.78, 5) is 3.90. The fourth-order valence-electron chi connectivity index (χ4n) is 1.84. The average molecular weight is 405 g/mol. The van der Waals surface area contributed by atoms with Crippen molar-refractivity contribution in [3.05, 3.63) is 45.6 Å². The van der Waals surface area contributed by atoms with Crippen molar-refractivity contribution < 1.29 is 23.5 Å². The van der Waals surface area contributed by atoms with Crippen LogP contribution < -0.4 is 10.9 Å². The molecule has 0 spiro atoms. The van der Waals surface area contributed by atoms with Crippen LogP contribution in [-0.4, -0.2) is 21.5 Å². The molecule has 0 fully saturated rings. The van der Waals surface area contributed by atoms with Gasteiger partial charge >= 0.3 is 6.18 Å². The maximum Gasteiger partial charge on any atom is 0.416 e. The molecule has 4 N–H and O–H groups in total. The molecular formula is C14H12BrF3N4O2. The molecule has 6 nitrogen and oxygen atoms in total. The van der Waals surface area contributed by atoms with Gasteiger partial charge in [-0.3, -0.25) is 16.1 Å². The molecule has 2 rings (SSSR count). The summed E-state index contributed by atoms with van der Waals surface area (Å²) in [7, 11) is 0. The number of hydrogen-bond acceptors (Lipinski definition) is 6. The van der Waals surface area contributed by atoms with Gasteiger partial charge < -0.3 is 5.11 Å². The van der Waals surface area contributed by atoms with E-state index in [-0.39, 0.29) is 28.5 Å². The summed E-state index contributed by atoms with van der Waals surface area (Å²) in [5.41, 5.74) is 4.14. The number of benzene rings is 1. The third-order valence-corrected chi connectivity index (χ3v) is 3.49. The summed E-state index contributed by atoms with van der Waals surface area (Å²) in [5.74, 6) is -0.235. The molecule has 0 saturated carbocycles. The third-order valence-electron chi connectivity index (χ3n) is 2.89. The largest absolute Gasteiger partial charge is 0.506 e. The Bertz CT molecular complexity index is 781. The molecule has 0 aliphatic rings. The zero-order chi connectivity index (χ0) is 17.9. The van der Waals surface area contributed by atoms with Crippen LogP contribution in [-0.2, 0) is 6.18 Å². The van der Waals surface area contributed by atoms with Crippen LogP contribution in [0, 0.1) is 6.92 Å². The van der Waals surface area contributed by atoms with E-state index in [1.807, 2.05) is 5.48 Å². The second-order valence-electron chi connectivity index (χ2n) is 4.76. The molecule has 1 heterocycles. The van der Waals surface area contributed by atoms with Gasteiger partial charge in [-0.15, -0.1) is 0 Å². The van der Waals surface area contributed by atoms with Crippen LogP contribution in [0.25, 0.3) is 0 Å². The number of anilines is 2. The molecule has 1 aromatic heterocycles. The average Bonchev–Trinajstić information content (AvgIpc) is 2.49. The molecule has 1 aromatic carbocycles. The molecule has 2 aromatic rings. The minimum absolute atomic E-state index is 0.0893. The van der Waals surface area contributed by atoms with Gasteiger partial charge in [0.2, 0.25) is 0 Å². The molecule has 0 amide bonds. The van der Waals surface area contributed by atoms with Crippen molar-refractivity contribution in [2.75, 3.05) is 10.9 Å². The lowest BCUT2D eigenvalue weighted by Crippen LogP contribution is -2.07. The van der Waals surface area contributed by atoms with E-state index in [0.717, 1.165) is 12.1 Å². The van der Waals surface area contributed by atoms with Gasteiger partial charge in [0.1, 0.15) is 11.6 Å². The maximum atomic E-state index is 12.8. The summed E-state index contributed by atoms with van der Waals surface area (Å²) in [6, 6.07) is 4.56. The van der Waals surface area contributed by atoms with Crippen molar-refractivity contribution in [1.82, 2.24) is 4.98 Å². The van der Waals surface area contributed by atoms with Gasteiger partial charge in [0.05, 0.1) is 21.9 Å². The summed E-state index contributed by atoms with van der Waals surface area (Å²) in [5, 5.41) is 22.5. The first-order valence-corrected chi connectivity index (χ1v) is 7.27. The molecule has 0 unspecified atom stereocenters. The summed E-state index contributed by atoms with van der Waals surface area (Å²) in [6.45, 7) is 1.43. The first-order chi connectivity index (χ1) is 11.2. The van der Waals surface area contributed by atoms with E-state index in [0.29, 0.717) is 4.47 Å². The number of hydrogen-bond donors (Lipinski definition) is 4. The van der Waals surface area contributed by atoms with Crippen LogP contribution in [0.5, 0.6) is 5.75 Å². The van der Waals surface area contributed by atoms with E-state index in [9.17, 15) is 18.3 Å². The van der Waals surface area contributed by atoms with Crippen LogP contribution in [0.2, 0.25) is 0 Å². The molecule has 24 heavy (non-hydrogen) atoms. The van der Waals surface area contributed by atoms with E-state index in [4.69, 9.17) is 5.21 Å². The van der Waals surface area contributed by atoms with E-state index >= 15 is 0 Å². The highest BCUT2D eigenvalue weighted by Crippen LogP contribution is 2.31. The topological polar surface area (TPSA) is 89.8 Å². The van der Waals surface area contributed by atoms with E-state index in [1.54, 1.807) is 0 Å². The van der Waals surface area contributed by atoms with Crippen molar-refractivity contribution >= 4 is 33.6 Å². The Labute approximate surface area is 143 Å². The van der Waals surface area contributed by atoms with Crippen molar-refractivity contribution in [2.45, 2.75) is 13.1 Å². The third kappa shape index (κ3) is 4.36. The fraction of sp³-hybridized carbons (Fsp3) is 0.143. The van der Waals surface area contributed by atoms with Crippen molar-refractivity contribution in [1.29, 1.82) is 0 Å². The number of aryl methyl sites for hydroxylation is 1. The number of pyridine rings is 1. The normalized spacial score (nSPS) is 11.8. The molecule has 0 aliphatic heterocycles. The first kappa shape index (κ1) is 18.0. The van der Waals surface area contributed by atoms with E-state index in [2.05, 4.69) is 31.4 Å². The Morgan fingerprint density at radius 3 is 2.58 bits per heavy atom. The van der Waals surface area contributed by atoms with Crippen molar-refractivity contribution in [3.8, 4) is 5.75 Å². The summed E-state index contributed by atoms with van der Waals surface area (Å²) in [6.07, 6.45) is -3.31. The summed E-state index contributed by atoms with van der Waals surface area (Å²) >= 11 is 3.09. The van der Waals surface area contributed by atoms with Gasteiger partial charge in [0, 0.05) is 11.3 Å². The molecule has 128 valence electrons. The minimum Gasteiger partial charge on any atom is -0.506 e. The van der Waals surface area contributed by atoms with Gasteiger partial charge in [0.25, 0.3) is 0 Å². The van der Waals surface area contributed by atoms with Gasteiger partial charge in [-0.05, 0) is 47.1 Å². The number of halogens is 4. The predicted molar refractivity (Wildman–Crippen MR) is 86.4 cm³/mol. The number of aromatic nitrogens is 1. The van der Waals surface area contributed by atoms with Gasteiger partial charge in [-0.25, -0.2) is 4.98 Å². The highest BCUT2D eigenvalue weighted by atomic mass is 79.9. The summed E-state index contributed by atoms with van der Waals surface area (Å²) < 4.78 is 38.6. The molecule has 0 saturated heterocycles. The van der Waals surface area contributed by atoms with Crippen molar-refractivity contribution in [3.63, 3.8) is 0 Å². The number of alkyl halides is 3. The second kappa shape index (κ2) is 7.05. The van der Waals surface area contributed by atoms with Crippen LogP contribution in [0.3, 0.4) is 0 Å². The second-order valence-corrected chi connectivity index (χ2v) is 5.61. The molecular weight excluding hydrogens is 393 g/mol. The first-order valence-electron chi connectivity index (χ1n) is 6.48.